The summed E-state index contributed by atoms with van der Waals surface area (Å²) in [5, 5.41) is -0.244. The van der Waals surface area contributed by atoms with Gasteiger partial charge in [0.05, 0.1) is 11.9 Å². The first-order chi connectivity index (χ1) is 6.22. The number of hydrogen-bond donors (Lipinski definition) is 1. The summed E-state index contributed by atoms with van der Waals surface area (Å²) in [4.78, 5) is 11.1. The van der Waals surface area contributed by atoms with Crippen molar-refractivity contribution in [1.29, 1.82) is 0 Å². The Balaban J connectivity index is 0. The molecule has 0 fully saturated rings. The molecule has 2 nitrogen and oxygen atoms in total. The predicted octanol–water partition coefficient (Wildman–Crippen LogP) is 2.82. The van der Waals surface area contributed by atoms with Crippen molar-refractivity contribution in [3.63, 3.8) is 0 Å². The van der Waals surface area contributed by atoms with Gasteiger partial charge in [0.1, 0.15) is 0 Å². The van der Waals surface area contributed by atoms with Gasteiger partial charge in [-0.3, -0.25) is 4.79 Å². The number of unbranched alkanes of at least 4 members (excludes halogenated alkanes) is 3. The predicted molar refractivity (Wildman–Crippen MR) is 58.2 cm³/mol. The maximum Gasteiger partial charge on any atom is 0.318 e. The van der Waals surface area contributed by atoms with E-state index in [-0.39, 0.29) is 33.6 Å². The monoisotopic (exact) mass is 401 g/mol. The molecule has 0 aromatic heterocycles. The summed E-state index contributed by atoms with van der Waals surface area (Å²) in [6, 6.07) is 0. The number of rotatable bonds is 7. The van der Waals surface area contributed by atoms with Crippen LogP contribution in [0.25, 0.3) is 0 Å². The van der Waals surface area contributed by atoms with E-state index in [9.17, 15) is 4.79 Å². The molecule has 0 amide bonds. The van der Waals surface area contributed by atoms with E-state index >= 15 is 0 Å². The first-order valence-electron chi connectivity index (χ1n) is 5.07. The van der Waals surface area contributed by atoms with Crippen molar-refractivity contribution in [3.05, 3.63) is 0 Å². The van der Waals surface area contributed by atoms with Crippen LogP contribution in [0, 0.1) is 0 Å². The molecule has 0 aromatic carbocycles. The van der Waals surface area contributed by atoms with Crippen LogP contribution in [0.2, 0.25) is 0 Å². The summed E-state index contributed by atoms with van der Waals surface area (Å²) < 4.78 is 5.03. The molecule has 4 heteroatoms. The molecule has 0 rings (SSSR count). The van der Waals surface area contributed by atoms with Crippen molar-refractivity contribution in [1.82, 2.24) is 0 Å². The van der Waals surface area contributed by atoms with Crippen LogP contribution in [0.15, 0.2) is 0 Å². The summed E-state index contributed by atoms with van der Waals surface area (Å²) in [7, 11) is 0. The van der Waals surface area contributed by atoms with Crippen LogP contribution in [-0.4, -0.2) is 17.8 Å². The van der Waals surface area contributed by atoms with Gasteiger partial charge in [0.2, 0.25) is 0 Å². The first kappa shape index (κ1) is 17.0. The number of ether oxygens (including phenoxy) is 1. The zero-order valence-corrected chi connectivity index (χ0v) is 11.9. The normalized spacial score (nSPS) is 11.6. The van der Waals surface area contributed by atoms with Gasteiger partial charge in [-0.15, -0.1) is 0 Å². The van der Waals surface area contributed by atoms with Crippen molar-refractivity contribution in [2.75, 3.05) is 6.61 Å². The molecule has 0 aliphatic rings. The maximum absolute atomic E-state index is 11.1. The van der Waals surface area contributed by atoms with Crippen LogP contribution in [0.5, 0.6) is 0 Å². The molecular formula is C10H20AuO2S. The second-order valence-corrected chi connectivity index (χ2v) is 3.78. The van der Waals surface area contributed by atoms with Crippen molar-refractivity contribution in [2.45, 2.75) is 51.2 Å². The Morgan fingerprint density at radius 3 is 2.43 bits per heavy atom. The molecule has 89 valence electrons. The molecule has 0 aromatic rings. The van der Waals surface area contributed by atoms with Crippen LogP contribution >= 0.6 is 12.6 Å². The van der Waals surface area contributed by atoms with Crippen molar-refractivity contribution in [3.8, 4) is 0 Å². The van der Waals surface area contributed by atoms with Crippen LogP contribution in [0.1, 0.15) is 46.0 Å². The molecule has 0 N–H and O–H groups in total. The van der Waals surface area contributed by atoms with Crippen LogP contribution in [0.4, 0.5) is 0 Å². The molecule has 0 saturated carbocycles. The third kappa shape index (κ3) is 9.13. The average Bonchev–Trinajstić information content (AvgIpc) is 2.16. The Morgan fingerprint density at radius 1 is 1.29 bits per heavy atom. The fraction of sp³-hybridized carbons (Fsp3) is 0.900. The molecule has 0 heterocycles. The standard InChI is InChI=1S/C10H20O2S.Au/c1-3-5-6-7-8-12-10(11)9(13)4-2;/h9,13H,3-8H2,1-2H3;. The molecule has 0 saturated heterocycles. The third-order valence-corrected chi connectivity index (χ3v) is 2.48. The van der Waals surface area contributed by atoms with E-state index in [1.165, 1.54) is 12.8 Å². The van der Waals surface area contributed by atoms with Gasteiger partial charge in [0.25, 0.3) is 0 Å². The molecular weight excluding hydrogens is 381 g/mol. The Morgan fingerprint density at radius 2 is 1.93 bits per heavy atom. The van der Waals surface area contributed by atoms with E-state index in [0.717, 1.165) is 19.3 Å². The van der Waals surface area contributed by atoms with Gasteiger partial charge < -0.3 is 4.74 Å². The van der Waals surface area contributed by atoms with E-state index < -0.39 is 0 Å². The summed E-state index contributed by atoms with van der Waals surface area (Å²) >= 11 is 4.09. The second kappa shape index (κ2) is 11.6. The number of thiol groups is 1. The van der Waals surface area contributed by atoms with Gasteiger partial charge in [-0.25, -0.2) is 0 Å². The topological polar surface area (TPSA) is 26.3 Å². The number of esters is 1. The Kier molecular flexibility index (Phi) is 14.1. The van der Waals surface area contributed by atoms with Gasteiger partial charge >= 0.3 is 5.97 Å². The van der Waals surface area contributed by atoms with Crippen molar-refractivity contribution < 1.29 is 31.9 Å². The average molecular weight is 401 g/mol. The summed E-state index contributed by atoms with van der Waals surface area (Å²) in [6.07, 6.45) is 5.28. The van der Waals surface area contributed by atoms with Gasteiger partial charge in [-0.2, -0.15) is 12.6 Å². The van der Waals surface area contributed by atoms with Crippen LogP contribution < -0.4 is 0 Å². The van der Waals surface area contributed by atoms with Crippen LogP contribution in [-0.2, 0) is 31.9 Å². The minimum atomic E-state index is -0.244. The number of hydrogen-bond acceptors (Lipinski definition) is 3. The molecule has 0 spiro atoms. The maximum atomic E-state index is 11.1. The minimum Gasteiger partial charge on any atom is -0.465 e. The van der Waals surface area contributed by atoms with E-state index in [2.05, 4.69) is 19.6 Å². The van der Waals surface area contributed by atoms with E-state index in [0.29, 0.717) is 6.61 Å². The van der Waals surface area contributed by atoms with E-state index in [4.69, 9.17) is 4.74 Å². The minimum absolute atomic E-state index is 0. The molecule has 1 atom stereocenters. The van der Waals surface area contributed by atoms with Gasteiger partial charge in [-0.1, -0.05) is 33.1 Å². The molecule has 0 aliphatic heterocycles. The van der Waals surface area contributed by atoms with Crippen molar-refractivity contribution >= 4 is 18.6 Å². The Bertz CT molecular complexity index is 142. The van der Waals surface area contributed by atoms with E-state index in [1.807, 2.05) is 6.92 Å². The smallest absolute Gasteiger partial charge is 0.318 e. The third-order valence-electron chi connectivity index (χ3n) is 1.90. The SMILES string of the molecule is CCCCCCOC(=O)C(S)CC.[Au]. The summed E-state index contributed by atoms with van der Waals surface area (Å²) in [5.41, 5.74) is 0. The molecule has 14 heavy (non-hydrogen) atoms. The van der Waals surface area contributed by atoms with Crippen molar-refractivity contribution in [2.24, 2.45) is 0 Å². The van der Waals surface area contributed by atoms with Gasteiger partial charge in [0.15, 0.2) is 0 Å². The molecule has 1 radical (unpaired) electrons. The number of carbonyl (C=O) groups is 1. The van der Waals surface area contributed by atoms with E-state index in [1.54, 1.807) is 0 Å². The number of carbonyl (C=O) groups excluding carboxylic acids is 1. The van der Waals surface area contributed by atoms with Gasteiger partial charge in [-0.05, 0) is 12.8 Å². The summed E-state index contributed by atoms with van der Waals surface area (Å²) in [6.45, 7) is 4.64. The quantitative estimate of drug-likeness (QED) is 0.307. The molecule has 1 unspecified atom stereocenters. The second-order valence-electron chi connectivity index (χ2n) is 3.15. The summed E-state index contributed by atoms with van der Waals surface area (Å²) in [5.74, 6) is -0.178. The molecule has 0 aliphatic carbocycles. The fourth-order valence-electron chi connectivity index (χ4n) is 0.964. The largest absolute Gasteiger partial charge is 0.465 e. The first-order valence-corrected chi connectivity index (χ1v) is 5.58. The zero-order chi connectivity index (χ0) is 10.1. The zero-order valence-electron chi connectivity index (χ0n) is 8.89. The Hall–Kier alpha value is 0.560. The van der Waals surface area contributed by atoms with Gasteiger partial charge in [0, 0.05) is 22.4 Å². The van der Waals surface area contributed by atoms with Crippen LogP contribution in [0.3, 0.4) is 0 Å². The fourth-order valence-corrected chi connectivity index (χ4v) is 1.04. The Labute approximate surface area is 108 Å². The molecule has 0 bridgehead atoms.